The third kappa shape index (κ3) is 5.83. The Hall–Kier alpha value is -1.99. The first-order chi connectivity index (χ1) is 15.1. The van der Waals surface area contributed by atoms with Gasteiger partial charge in [0.05, 0.1) is 12.3 Å². The van der Waals surface area contributed by atoms with Crippen LogP contribution >= 0.6 is 0 Å². The number of hydrogen-bond acceptors (Lipinski definition) is 5. The number of hydrogen-bond donors (Lipinski definition) is 1. The second-order valence-corrected chi connectivity index (χ2v) is 9.14. The summed E-state index contributed by atoms with van der Waals surface area (Å²) in [4.78, 5) is 14.4. The highest BCUT2D eigenvalue weighted by Gasteiger charge is 2.27. The number of fused-ring (bicyclic) bond motifs is 1. The first kappa shape index (κ1) is 22.2. The highest BCUT2D eigenvalue weighted by atomic mass is 19.1. The molecule has 4 rings (SSSR count). The van der Waals surface area contributed by atoms with Crippen LogP contribution in [0.3, 0.4) is 0 Å². The van der Waals surface area contributed by atoms with Gasteiger partial charge in [-0.15, -0.1) is 0 Å². The van der Waals surface area contributed by atoms with Crippen molar-refractivity contribution in [2.45, 2.75) is 63.3 Å². The van der Waals surface area contributed by atoms with E-state index in [1.165, 1.54) is 31.4 Å². The van der Waals surface area contributed by atoms with Gasteiger partial charge in [0.1, 0.15) is 5.82 Å². The smallest absolute Gasteiger partial charge is 0.222 e. The fourth-order valence-corrected chi connectivity index (χ4v) is 5.11. The van der Waals surface area contributed by atoms with Crippen LogP contribution < -0.4 is 5.32 Å². The van der Waals surface area contributed by atoms with E-state index >= 15 is 0 Å². The van der Waals surface area contributed by atoms with Crippen molar-refractivity contribution in [1.82, 2.24) is 15.4 Å². The summed E-state index contributed by atoms with van der Waals surface area (Å²) in [5, 5.41) is 8.35. The minimum absolute atomic E-state index is 0.109. The fourth-order valence-electron chi connectivity index (χ4n) is 5.11. The molecular formula is C24H34FN3O3. The number of aromatic nitrogens is 1. The number of piperidine rings is 1. The highest BCUT2D eigenvalue weighted by molar-refractivity contribution is 5.80. The summed E-state index contributed by atoms with van der Waals surface area (Å²) in [5.41, 5.74) is 1.53. The van der Waals surface area contributed by atoms with Gasteiger partial charge in [-0.1, -0.05) is 5.16 Å². The first-order valence-electron chi connectivity index (χ1n) is 11.7. The van der Waals surface area contributed by atoms with E-state index in [0.717, 1.165) is 62.3 Å². The van der Waals surface area contributed by atoms with Crippen LogP contribution in [-0.2, 0) is 9.53 Å². The number of likely N-dealkylation sites (tertiary alicyclic amines) is 1. The molecular weight excluding hydrogens is 397 g/mol. The van der Waals surface area contributed by atoms with Gasteiger partial charge in [-0.25, -0.2) is 4.39 Å². The number of carbonyl (C=O) groups is 1. The fraction of sp³-hybridized carbons (Fsp3) is 0.667. The lowest BCUT2D eigenvalue weighted by atomic mass is 9.83. The van der Waals surface area contributed by atoms with Gasteiger partial charge in [0.25, 0.3) is 0 Å². The Labute approximate surface area is 183 Å². The summed E-state index contributed by atoms with van der Waals surface area (Å²) >= 11 is 0. The van der Waals surface area contributed by atoms with E-state index in [2.05, 4.69) is 15.4 Å². The van der Waals surface area contributed by atoms with Crippen LogP contribution in [-0.4, -0.2) is 55.4 Å². The maximum Gasteiger partial charge on any atom is 0.222 e. The summed E-state index contributed by atoms with van der Waals surface area (Å²) in [6, 6.07) is 5.03. The SMILES string of the molecule is COCCC(=O)N[C@H]1CC[C@H](CCN2CCC(c3noc4cc(F)ccc34)CC2)CC1. The van der Waals surface area contributed by atoms with Crippen LogP contribution in [0.4, 0.5) is 4.39 Å². The zero-order chi connectivity index (χ0) is 21.6. The Bertz CT molecular complexity index is 855. The zero-order valence-corrected chi connectivity index (χ0v) is 18.4. The molecule has 2 aliphatic rings. The Balaban J connectivity index is 1.16. The Kier molecular flexibility index (Phi) is 7.56. The summed E-state index contributed by atoms with van der Waals surface area (Å²) in [6.45, 7) is 3.78. The van der Waals surface area contributed by atoms with Crippen LogP contribution in [0.1, 0.15) is 63.0 Å². The maximum atomic E-state index is 13.4. The molecule has 1 aromatic carbocycles. The van der Waals surface area contributed by atoms with Gasteiger partial charge in [0.15, 0.2) is 5.58 Å². The normalized spacial score (nSPS) is 23.3. The first-order valence-corrected chi connectivity index (χ1v) is 11.7. The van der Waals surface area contributed by atoms with Crippen LogP contribution in [0.25, 0.3) is 11.0 Å². The topological polar surface area (TPSA) is 67.6 Å². The molecule has 0 radical (unpaired) electrons. The molecule has 2 aromatic rings. The number of ether oxygens (including phenoxy) is 1. The minimum Gasteiger partial charge on any atom is -0.384 e. The van der Waals surface area contributed by atoms with E-state index in [1.807, 2.05) is 0 Å². The molecule has 1 aliphatic heterocycles. The number of amides is 1. The second-order valence-electron chi connectivity index (χ2n) is 9.14. The summed E-state index contributed by atoms with van der Waals surface area (Å²) < 4.78 is 23.7. The van der Waals surface area contributed by atoms with Gasteiger partial charge < -0.3 is 19.5 Å². The Morgan fingerprint density at radius 2 is 2.00 bits per heavy atom. The molecule has 1 aromatic heterocycles. The van der Waals surface area contributed by atoms with Crippen molar-refractivity contribution in [3.8, 4) is 0 Å². The molecule has 1 aliphatic carbocycles. The van der Waals surface area contributed by atoms with E-state index in [1.54, 1.807) is 13.2 Å². The Morgan fingerprint density at radius 1 is 1.23 bits per heavy atom. The number of methoxy groups -OCH3 is 1. The van der Waals surface area contributed by atoms with E-state index < -0.39 is 0 Å². The van der Waals surface area contributed by atoms with Gasteiger partial charge in [-0.2, -0.15) is 0 Å². The third-order valence-corrected chi connectivity index (χ3v) is 7.03. The molecule has 170 valence electrons. The third-order valence-electron chi connectivity index (χ3n) is 7.03. The lowest BCUT2D eigenvalue weighted by molar-refractivity contribution is -0.122. The van der Waals surface area contributed by atoms with Gasteiger partial charge in [0, 0.05) is 36.9 Å². The van der Waals surface area contributed by atoms with Crippen LogP contribution in [0.15, 0.2) is 22.7 Å². The van der Waals surface area contributed by atoms with Gasteiger partial charge in [-0.05, 0) is 82.6 Å². The molecule has 1 amide bonds. The molecule has 1 N–H and O–H groups in total. The van der Waals surface area contributed by atoms with Crippen molar-refractivity contribution in [2.75, 3.05) is 33.4 Å². The standard InChI is InChI=1S/C24H34FN3O3/c1-30-15-11-23(29)26-20-5-2-17(3-6-20)8-12-28-13-9-18(10-14-28)24-21-7-4-19(25)16-22(21)31-27-24/h4,7,16-18,20H,2-3,5-6,8-15H2,1H3,(H,26,29)/t17-,20-. The zero-order valence-electron chi connectivity index (χ0n) is 18.4. The number of nitrogens with zero attached hydrogens (tertiary/aromatic N) is 2. The molecule has 6 nitrogen and oxygen atoms in total. The number of halogens is 1. The van der Waals surface area contributed by atoms with Crippen LogP contribution in [0.5, 0.6) is 0 Å². The van der Waals surface area contributed by atoms with Gasteiger partial charge >= 0.3 is 0 Å². The minimum atomic E-state index is -0.285. The van der Waals surface area contributed by atoms with E-state index in [-0.39, 0.29) is 11.7 Å². The van der Waals surface area contributed by atoms with Crippen LogP contribution in [0, 0.1) is 11.7 Å². The molecule has 0 unspecified atom stereocenters. The number of nitrogens with one attached hydrogen (secondary N) is 1. The molecule has 0 bridgehead atoms. The molecule has 1 saturated carbocycles. The van der Waals surface area contributed by atoms with Crippen molar-refractivity contribution < 1.29 is 18.4 Å². The molecule has 2 fully saturated rings. The lowest BCUT2D eigenvalue weighted by Gasteiger charge is -2.34. The average Bonchev–Trinajstić information content (AvgIpc) is 3.20. The van der Waals surface area contributed by atoms with E-state index in [0.29, 0.717) is 30.6 Å². The van der Waals surface area contributed by atoms with E-state index in [4.69, 9.17) is 9.26 Å². The Morgan fingerprint density at radius 3 is 2.74 bits per heavy atom. The predicted molar refractivity (Wildman–Crippen MR) is 117 cm³/mol. The molecule has 0 spiro atoms. The summed E-state index contributed by atoms with van der Waals surface area (Å²) in [6.07, 6.45) is 8.41. The molecule has 31 heavy (non-hydrogen) atoms. The van der Waals surface area contributed by atoms with Crippen LogP contribution in [0.2, 0.25) is 0 Å². The largest absolute Gasteiger partial charge is 0.384 e. The van der Waals surface area contributed by atoms with Crippen molar-refractivity contribution in [3.63, 3.8) is 0 Å². The predicted octanol–water partition coefficient (Wildman–Crippen LogP) is 4.25. The monoisotopic (exact) mass is 431 g/mol. The van der Waals surface area contributed by atoms with Crippen molar-refractivity contribution in [3.05, 3.63) is 29.7 Å². The van der Waals surface area contributed by atoms with Crippen molar-refractivity contribution in [1.29, 1.82) is 0 Å². The van der Waals surface area contributed by atoms with Crippen molar-refractivity contribution in [2.24, 2.45) is 5.92 Å². The summed E-state index contributed by atoms with van der Waals surface area (Å²) in [7, 11) is 1.62. The number of carbonyl (C=O) groups excluding carboxylic acids is 1. The number of benzene rings is 1. The van der Waals surface area contributed by atoms with Gasteiger partial charge in [0.2, 0.25) is 5.91 Å². The molecule has 2 heterocycles. The van der Waals surface area contributed by atoms with E-state index in [9.17, 15) is 9.18 Å². The lowest BCUT2D eigenvalue weighted by Crippen LogP contribution is -2.39. The molecule has 0 atom stereocenters. The average molecular weight is 432 g/mol. The second kappa shape index (κ2) is 10.6. The molecule has 7 heteroatoms. The van der Waals surface area contributed by atoms with Gasteiger partial charge in [-0.3, -0.25) is 4.79 Å². The maximum absolute atomic E-state index is 13.4. The summed E-state index contributed by atoms with van der Waals surface area (Å²) in [5.74, 6) is 0.977. The van der Waals surface area contributed by atoms with Crippen molar-refractivity contribution >= 4 is 16.9 Å². The molecule has 1 saturated heterocycles. The number of rotatable bonds is 8. The highest BCUT2D eigenvalue weighted by Crippen LogP contribution is 2.33. The quantitative estimate of drug-likeness (QED) is 0.677.